The molecule has 1 unspecified atom stereocenters. The molecule has 1 aromatic heterocycles. The van der Waals surface area contributed by atoms with Crippen molar-refractivity contribution < 1.29 is 37.1 Å². The number of aromatic nitrogens is 1. The van der Waals surface area contributed by atoms with Gasteiger partial charge in [-0.1, -0.05) is 5.16 Å². The van der Waals surface area contributed by atoms with Crippen LogP contribution >= 0.6 is 0 Å². The van der Waals surface area contributed by atoms with Crippen molar-refractivity contribution in [2.24, 2.45) is 5.92 Å². The lowest BCUT2D eigenvalue weighted by molar-refractivity contribution is -0.192. The zero-order valence-electron chi connectivity index (χ0n) is 17.3. The molecule has 30 heavy (non-hydrogen) atoms. The Balaban J connectivity index is 0.000000318. The second-order valence-corrected chi connectivity index (χ2v) is 8.48. The fourth-order valence-electron chi connectivity index (χ4n) is 3.88. The molecule has 3 aliphatic rings. The van der Waals surface area contributed by atoms with E-state index < -0.39 is 12.1 Å². The Morgan fingerprint density at radius 2 is 1.93 bits per heavy atom. The zero-order valence-corrected chi connectivity index (χ0v) is 17.3. The van der Waals surface area contributed by atoms with E-state index >= 15 is 0 Å². The standard InChI is InChI=1S/C18H28N2O3.C2HF3O2/c1-13-17(14(2)23-19-13)10-20-7-5-18(6-8-20)9-16(12-22-18)21-11-15-3-4-15;3-2(4,5)1(6)7/h15-16H,3-12H2,1-2H3;(H,6,7). The number of hydrogen-bond acceptors (Lipinski definition) is 6. The van der Waals surface area contributed by atoms with E-state index in [4.69, 9.17) is 23.9 Å². The van der Waals surface area contributed by atoms with Crippen LogP contribution in [-0.4, -0.2) is 65.3 Å². The lowest BCUT2D eigenvalue weighted by Crippen LogP contribution is -2.44. The molecule has 3 heterocycles. The second-order valence-electron chi connectivity index (χ2n) is 8.48. The average molecular weight is 434 g/mol. The third kappa shape index (κ3) is 6.18. The van der Waals surface area contributed by atoms with Crippen LogP contribution in [0.3, 0.4) is 0 Å². The molecule has 2 aliphatic heterocycles. The van der Waals surface area contributed by atoms with E-state index in [-0.39, 0.29) is 5.60 Å². The highest BCUT2D eigenvalue weighted by Crippen LogP contribution is 2.38. The van der Waals surface area contributed by atoms with E-state index in [1.165, 1.54) is 18.4 Å². The van der Waals surface area contributed by atoms with Crippen LogP contribution in [0.5, 0.6) is 0 Å². The summed E-state index contributed by atoms with van der Waals surface area (Å²) < 4.78 is 49.2. The van der Waals surface area contributed by atoms with Gasteiger partial charge in [-0.15, -0.1) is 0 Å². The topological polar surface area (TPSA) is 85.0 Å². The van der Waals surface area contributed by atoms with E-state index in [9.17, 15) is 13.2 Å². The summed E-state index contributed by atoms with van der Waals surface area (Å²) in [6.07, 6.45) is 1.26. The van der Waals surface area contributed by atoms with Crippen LogP contribution in [0.1, 0.15) is 49.1 Å². The van der Waals surface area contributed by atoms with Gasteiger partial charge in [0.25, 0.3) is 0 Å². The Labute approximate surface area is 173 Å². The molecule has 1 spiro atoms. The Morgan fingerprint density at radius 1 is 1.30 bits per heavy atom. The van der Waals surface area contributed by atoms with Gasteiger partial charge in [0.15, 0.2) is 0 Å². The third-order valence-electron chi connectivity index (χ3n) is 6.01. The number of likely N-dealkylation sites (tertiary alicyclic amines) is 1. The normalized spacial score (nSPS) is 24.0. The Kier molecular flexibility index (Phi) is 7.09. The van der Waals surface area contributed by atoms with Crippen LogP contribution in [0.2, 0.25) is 0 Å². The Bertz CT molecular complexity index is 705. The number of carboxylic acids is 1. The largest absolute Gasteiger partial charge is 0.490 e. The Morgan fingerprint density at radius 3 is 2.43 bits per heavy atom. The lowest BCUT2D eigenvalue weighted by atomic mass is 9.87. The second kappa shape index (κ2) is 9.23. The van der Waals surface area contributed by atoms with Crippen molar-refractivity contribution in [1.29, 1.82) is 0 Å². The number of piperidine rings is 1. The number of rotatable bonds is 5. The maximum Gasteiger partial charge on any atom is 0.490 e. The first-order valence-corrected chi connectivity index (χ1v) is 10.3. The van der Waals surface area contributed by atoms with E-state index in [2.05, 4.69) is 10.1 Å². The van der Waals surface area contributed by atoms with E-state index in [0.29, 0.717) is 6.10 Å². The number of nitrogens with zero attached hydrogens (tertiary/aromatic N) is 2. The van der Waals surface area contributed by atoms with Crippen molar-refractivity contribution in [1.82, 2.24) is 10.1 Å². The number of aliphatic carboxylic acids is 1. The summed E-state index contributed by atoms with van der Waals surface area (Å²) in [5, 5.41) is 11.2. The molecule has 0 radical (unpaired) electrons. The minimum Gasteiger partial charge on any atom is -0.475 e. The quantitative estimate of drug-likeness (QED) is 0.760. The molecule has 170 valence electrons. The molecule has 1 saturated carbocycles. The maximum absolute atomic E-state index is 10.6. The summed E-state index contributed by atoms with van der Waals surface area (Å²) in [6.45, 7) is 8.87. The monoisotopic (exact) mass is 434 g/mol. The summed E-state index contributed by atoms with van der Waals surface area (Å²) in [4.78, 5) is 11.4. The van der Waals surface area contributed by atoms with Crippen molar-refractivity contribution in [2.75, 3.05) is 26.3 Å². The predicted octanol–water partition coefficient (Wildman–Crippen LogP) is 3.47. The van der Waals surface area contributed by atoms with Gasteiger partial charge in [-0.3, -0.25) is 4.90 Å². The van der Waals surface area contributed by atoms with Gasteiger partial charge in [0, 0.05) is 38.2 Å². The molecule has 1 aliphatic carbocycles. The van der Waals surface area contributed by atoms with Gasteiger partial charge in [-0.25, -0.2) is 4.79 Å². The summed E-state index contributed by atoms with van der Waals surface area (Å²) in [5.74, 6) is -0.968. The summed E-state index contributed by atoms with van der Waals surface area (Å²) >= 11 is 0. The molecule has 10 heteroatoms. The fraction of sp³-hybridized carbons (Fsp3) is 0.800. The van der Waals surface area contributed by atoms with Crippen LogP contribution in [0, 0.1) is 19.8 Å². The fourth-order valence-corrected chi connectivity index (χ4v) is 3.88. The molecular formula is C20H29F3N2O5. The first kappa shape index (κ1) is 23.0. The highest BCUT2D eigenvalue weighted by molar-refractivity contribution is 5.73. The zero-order chi connectivity index (χ0) is 21.9. The van der Waals surface area contributed by atoms with E-state index in [1.807, 2.05) is 13.8 Å². The molecule has 1 N–H and O–H groups in total. The van der Waals surface area contributed by atoms with Crippen molar-refractivity contribution in [3.05, 3.63) is 17.0 Å². The molecule has 1 aromatic rings. The van der Waals surface area contributed by atoms with Crippen LogP contribution in [0.25, 0.3) is 0 Å². The van der Waals surface area contributed by atoms with Gasteiger partial charge in [-0.05, 0) is 45.4 Å². The maximum atomic E-state index is 10.6. The summed E-state index contributed by atoms with van der Waals surface area (Å²) in [6, 6.07) is 0. The molecule has 4 rings (SSSR count). The van der Waals surface area contributed by atoms with Crippen molar-refractivity contribution >= 4 is 5.97 Å². The Hall–Kier alpha value is -1.65. The molecule has 2 saturated heterocycles. The number of aryl methyl sites for hydroxylation is 2. The third-order valence-corrected chi connectivity index (χ3v) is 6.01. The molecule has 0 amide bonds. The molecule has 1 atom stereocenters. The van der Waals surface area contributed by atoms with Gasteiger partial charge in [0.2, 0.25) is 0 Å². The van der Waals surface area contributed by atoms with Crippen molar-refractivity contribution in [3.8, 4) is 0 Å². The van der Waals surface area contributed by atoms with Crippen LogP contribution in [0.15, 0.2) is 4.52 Å². The minimum absolute atomic E-state index is 0.0729. The van der Waals surface area contributed by atoms with Crippen LogP contribution in [0.4, 0.5) is 13.2 Å². The molecule has 0 aromatic carbocycles. The van der Waals surface area contributed by atoms with Gasteiger partial charge in [0.05, 0.1) is 24.0 Å². The molecule has 0 bridgehead atoms. The average Bonchev–Trinajstić information content (AvgIpc) is 3.36. The molecule has 7 nitrogen and oxygen atoms in total. The number of ether oxygens (including phenoxy) is 2. The summed E-state index contributed by atoms with van der Waals surface area (Å²) in [5.41, 5.74) is 2.34. The van der Waals surface area contributed by atoms with Gasteiger partial charge < -0.3 is 19.1 Å². The highest BCUT2D eigenvalue weighted by atomic mass is 19.4. The predicted molar refractivity (Wildman–Crippen MR) is 99.9 cm³/mol. The number of carbonyl (C=O) groups is 1. The number of hydrogen-bond donors (Lipinski definition) is 1. The summed E-state index contributed by atoms with van der Waals surface area (Å²) in [7, 11) is 0. The van der Waals surface area contributed by atoms with Crippen molar-refractivity contribution in [3.63, 3.8) is 0 Å². The molecule has 3 fully saturated rings. The van der Waals surface area contributed by atoms with Gasteiger partial charge >= 0.3 is 12.1 Å². The number of carboxylic acid groups (broad SMARTS) is 1. The van der Waals surface area contributed by atoms with Crippen LogP contribution < -0.4 is 0 Å². The number of halogens is 3. The molecular weight excluding hydrogens is 405 g/mol. The van der Waals surface area contributed by atoms with E-state index in [1.54, 1.807) is 0 Å². The van der Waals surface area contributed by atoms with Gasteiger partial charge in [0.1, 0.15) is 5.76 Å². The van der Waals surface area contributed by atoms with Crippen molar-refractivity contribution in [2.45, 2.75) is 70.4 Å². The van der Waals surface area contributed by atoms with E-state index in [0.717, 1.165) is 69.5 Å². The smallest absolute Gasteiger partial charge is 0.475 e. The minimum atomic E-state index is -5.08. The number of alkyl halides is 3. The lowest BCUT2D eigenvalue weighted by Gasteiger charge is -2.38. The highest BCUT2D eigenvalue weighted by Gasteiger charge is 2.43. The SMILES string of the molecule is Cc1noc(C)c1CN1CCC2(CC1)CC(OCC1CC1)CO2.O=C(O)C(F)(F)F. The van der Waals surface area contributed by atoms with Gasteiger partial charge in [-0.2, -0.15) is 13.2 Å². The first-order valence-electron chi connectivity index (χ1n) is 10.3. The first-order chi connectivity index (χ1) is 14.1. The van der Waals surface area contributed by atoms with Crippen LogP contribution in [-0.2, 0) is 20.8 Å².